The highest BCUT2D eigenvalue weighted by Gasteiger charge is 2.33. The van der Waals surface area contributed by atoms with Crippen molar-refractivity contribution in [1.82, 2.24) is 0 Å². The molecule has 0 aliphatic rings. The van der Waals surface area contributed by atoms with E-state index in [-0.39, 0.29) is 0 Å². The molecule has 0 rings (SSSR count). The van der Waals surface area contributed by atoms with E-state index in [2.05, 4.69) is 20.8 Å². The third-order valence-corrected chi connectivity index (χ3v) is 6.88. The van der Waals surface area contributed by atoms with Crippen LogP contribution in [0, 0.1) is 0 Å². The summed E-state index contributed by atoms with van der Waals surface area (Å²) in [5.41, 5.74) is -0.850. The van der Waals surface area contributed by atoms with Gasteiger partial charge in [-0.25, -0.2) is 0 Å². The molecule has 2 nitrogen and oxygen atoms in total. The molecule has 182 valence electrons. The third-order valence-electron chi connectivity index (χ3n) is 6.88. The standard InChI is InChI=1S/C28H58O2/c1-4-7-10-13-15-16-17-19-21-24-27(29)28(30,25-22-12-9-6-3)26-23-20-18-14-11-8-5-2/h27,29-30H,4-26H2,1-3H3. The molecule has 0 heterocycles. The van der Waals surface area contributed by atoms with Crippen LogP contribution in [0.1, 0.15) is 168 Å². The molecule has 2 N–H and O–H groups in total. The van der Waals surface area contributed by atoms with Gasteiger partial charge in [-0.15, -0.1) is 0 Å². The maximum Gasteiger partial charge on any atom is 0.0905 e. The Morgan fingerprint density at radius 1 is 0.467 bits per heavy atom. The number of rotatable bonds is 24. The van der Waals surface area contributed by atoms with Gasteiger partial charge in [-0.3, -0.25) is 0 Å². The highest BCUT2D eigenvalue weighted by Crippen LogP contribution is 2.29. The van der Waals surface area contributed by atoms with Gasteiger partial charge in [0.15, 0.2) is 0 Å². The van der Waals surface area contributed by atoms with Gasteiger partial charge in [0.1, 0.15) is 0 Å². The van der Waals surface area contributed by atoms with Crippen LogP contribution in [0.3, 0.4) is 0 Å². The lowest BCUT2D eigenvalue weighted by atomic mass is 9.82. The number of aliphatic hydroxyl groups excluding tert-OH is 1. The average molecular weight is 427 g/mol. The molecule has 0 amide bonds. The zero-order valence-electron chi connectivity index (χ0n) is 21.2. The maximum atomic E-state index is 11.3. The first-order valence-corrected chi connectivity index (χ1v) is 14.0. The lowest BCUT2D eigenvalue weighted by Crippen LogP contribution is -2.42. The molecule has 0 fully saturated rings. The summed E-state index contributed by atoms with van der Waals surface area (Å²) >= 11 is 0. The Balaban J connectivity index is 4.12. The van der Waals surface area contributed by atoms with Crippen molar-refractivity contribution >= 4 is 0 Å². The molecule has 0 aliphatic carbocycles. The largest absolute Gasteiger partial charge is 0.390 e. The van der Waals surface area contributed by atoms with Gasteiger partial charge < -0.3 is 10.2 Å². The topological polar surface area (TPSA) is 40.5 Å². The van der Waals surface area contributed by atoms with Crippen LogP contribution in [0.2, 0.25) is 0 Å². The van der Waals surface area contributed by atoms with Crippen LogP contribution in [0.5, 0.6) is 0 Å². The molecular weight excluding hydrogens is 368 g/mol. The van der Waals surface area contributed by atoms with E-state index in [0.29, 0.717) is 0 Å². The molecule has 0 radical (unpaired) electrons. The van der Waals surface area contributed by atoms with Crippen LogP contribution in [-0.2, 0) is 0 Å². The number of hydrogen-bond donors (Lipinski definition) is 2. The van der Waals surface area contributed by atoms with Crippen molar-refractivity contribution in [1.29, 1.82) is 0 Å². The van der Waals surface area contributed by atoms with Gasteiger partial charge in [-0.1, -0.05) is 149 Å². The van der Waals surface area contributed by atoms with Gasteiger partial charge in [0.2, 0.25) is 0 Å². The summed E-state index contributed by atoms with van der Waals surface area (Å²) in [6, 6.07) is 0. The minimum Gasteiger partial charge on any atom is -0.390 e. The fourth-order valence-corrected chi connectivity index (χ4v) is 4.62. The van der Waals surface area contributed by atoms with Gasteiger partial charge in [0, 0.05) is 0 Å². The Bertz CT molecular complexity index is 331. The van der Waals surface area contributed by atoms with Gasteiger partial charge in [-0.05, 0) is 19.3 Å². The van der Waals surface area contributed by atoms with E-state index in [4.69, 9.17) is 0 Å². The predicted octanol–water partition coefficient (Wildman–Crippen LogP) is 9.11. The van der Waals surface area contributed by atoms with Crippen molar-refractivity contribution in [3.05, 3.63) is 0 Å². The van der Waals surface area contributed by atoms with Crippen LogP contribution >= 0.6 is 0 Å². The van der Waals surface area contributed by atoms with E-state index in [0.717, 1.165) is 38.5 Å². The predicted molar refractivity (Wildman–Crippen MR) is 134 cm³/mol. The molecular formula is C28H58O2. The average Bonchev–Trinajstić information content (AvgIpc) is 2.75. The summed E-state index contributed by atoms with van der Waals surface area (Å²) in [4.78, 5) is 0. The first-order valence-electron chi connectivity index (χ1n) is 14.0. The van der Waals surface area contributed by atoms with Gasteiger partial charge in [-0.2, -0.15) is 0 Å². The first-order chi connectivity index (χ1) is 14.6. The molecule has 0 saturated heterocycles. The molecule has 0 aromatic carbocycles. The lowest BCUT2D eigenvalue weighted by molar-refractivity contribution is -0.0919. The number of aliphatic hydroxyl groups is 2. The van der Waals surface area contributed by atoms with Crippen molar-refractivity contribution in [2.24, 2.45) is 0 Å². The fourth-order valence-electron chi connectivity index (χ4n) is 4.62. The van der Waals surface area contributed by atoms with Crippen LogP contribution in [0.25, 0.3) is 0 Å². The van der Waals surface area contributed by atoms with E-state index in [9.17, 15) is 10.2 Å². The maximum absolute atomic E-state index is 11.3. The quantitative estimate of drug-likeness (QED) is 0.151. The van der Waals surface area contributed by atoms with Crippen LogP contribution < -0.4 is 0 Å². The van der Waals surface area contributed by atoms with Crippen LogP contribution in [-0.4, -0.2) is 21.9 Å². The summed E-state index contributed by atoms with van der Waals surface area (Å²) in [5.74, 6) is 0. The summed E-state index contributed by atoms with van der Waals surface area (Å²) in [6.07, 6.45) is 27.0. The molecule has 0 spiro atoms. The summed E-state index contributed by atoms with van der Waals surface area (Å²) in [6.45, 7) is 6.75. The molecule has 2 atom stereocenters. The SMILES string of the molecule is CCCCCCCCCCCC(O)C(O)(CCCCCC)CCCCCCCCC. The second-order valence-corrected chi connectivity index (χ2v) is 9.92. The van der Waals surface area contributed by atoms with E-state index >= 15 is 0 Å². The zero-order valence-corrected chi connectivity index (χ0v) is 21.2. The smallest absolute Gasteiger partial charge is 0.0905 e. The molecule has 0 saturated carbocycles. The second-order valence-electron chi connectivity index (χ2n) is 9.92. The van der Waals surface area contributed by atoms with Gasteiger partial charge >= 0.3 is 0 Å². The summed E-state index contributed by atoms with van der Waals surface area (Å²) in [7, 11) is 0. The highest BCUT2D eigenvalue weighted by molar-refractivity contribution is 4.86. The van der Waals surface area contributed by atoms with E-state index in [1.165, 1.54) is 109 Å². The molecule has 0 aromatic rings. The first kappa shape index (κ1) is 29.9. The van der Waals surface area contributed by atoms with Crippen LogP contribution in [0.4, 0.5) is 0 Å². The van der Waals surface area contributed by atoms with Crippen LogP contribution in [0.15, 0.2) is 0 Å². The van der Waals surface area contributed by atoms with Gasteiger partial charge in [0.25, 0.3) is 0 Å². The summed E-state index contributed by atoms with van der Waals surface area (Å²) < 4.78 is 0. The molecule has 2 unspecified atom stereocenters. The Labute approximate surface area is 190 Å². The molecule has 0 aromatic heterocycles. The minimum absolute atomic E-state index is 0.538. The Morgan fingerprint density at radius 3 is 1.17 bits per heavy atom. The Morgan fingerprint density at radius 2 is 0.767 bits per heavy atom. The second kappa shape index (κ2) is 22.1. The minimum atomic E-state index is -0.850. The van der Waals surface area contributed by atoms with Crippen molar-refractivity contribution in [2.75, 3.05) is 0 Å². The van der Waals surface area contributed by atoms with Crippen molar-refractivity contribution in [3.63, 3.8) is 0 Å². The zero-order chi connectivity index (χ0) is 22.3. The lowest BCUT2D eigenvalue weighted by Gasteiger charge is -2.34. The van der Waals surface area contributed by atoms with E-state index in [1.807, 2.05) is 0 Å². The van der Waals surface area contributed by atoms with E-state index < -0.39 is 11.7 Å². The Hall–Kier alpha value is -0.0800. The third kappa shape index (κ3) is 17.6. The van der Waals surface area contributed by atoms with Crippen molar-refractivity contribution in [2.45, 2.75) is 180 Å². The van der Waals surface area contributed by atoms with Crippen molar-refractivity contribution < 1.29 is 10.2 Å². The number of hydrogen-bond acceptors (Lipinski definition) is 2. The number of unbranched alkanes of at least 4 members (excludes halogenated alkanes) is 17. The normalized spacial score (nSPS) is 14.7. The summed E-state index contributed by atoms with van der Waals surface area (Å²) in [5, 5.41) is 22.1. The van der Waals surface area contributed by atoms with Crippen molar-refractivity contribution in [3.8, 4) is 0 Å². The van der Waals surface area contributed by atoms with E-state index in [1.54, 1.807) is 0 Å². The Kier molecular flexibility index (Phi) is 22.1. The highest BCUT2D eigenvalue weighted by atomic mass is 16.3. The fraction of sp³-hybridized carbons (Fsp3) is 1.00. The van der Waals surface area contributed by atoms with Gasteiger partial charge in [0.05, 0.1) is 11.7 Å². The molecule has 0 bridgehead atoms. The molecule has 30 heavy (non-hydrogen) atoms. The monoisotopic (exact) mass is 426 g/mol. The molecule has 0 aliphatic heterocycles. The molecule has 2 heteroatoms.